The van der Waals surface area contributed by atoms with Crippen LogP contribution >= 0.6 is 11.8 Å². The van der Waals surface area contributed by atoms with E-state index in [-0.39, 0.29) is 28.5 Å². The lowest BCUT2D eigenvalue weighted by atomic mass is 9.81. The number of unbranched alkanes of at least 4 members (excludes halogenated alkanes) is 6. The fraction of sp³-hybridized carbons (Fsp3) is 0.568. The molecule has 2 aliphatic rings. The monoisotopic (exact) mass is 716 g/mol. The molecule has 1 atom stereocenters. The van der Waals surface area contributed by atoms with Gasteiger partial charge < -0.3 is 9.47 Å². The van der Waals surface area contributed by atoms with Crippen LogP contribution in [0.4, 0.5) is 11.4 Å². The van der Waals surface area contributed by atoms with E-state index in [1.54, 1.807) is 0 Å². The van der Waals surface area contributed by atoms with Gasteiger partial charge in [0.25, 0.3) is 0 Å². The summed E-state index contributed by atoms with van der Waals surface area (Å²) >= 11 is 1.44. The number of nitrogens with one attached hydrogen (secondary N) is 1. The Morgan fingerprint density at radius 1 is 0.824 bits per heavy atom. The lowest BCUT2D eigenvalue weighted by Crippen LogP contribution is -3.05. The molecule has 6 nitrogen and oxygen atoms in total. The van der Waals surface area contributed by atoms with Crippen molar-refractivity contribution in [3.8, 4) is 0 Å². The number of allylic oxidation sites excluding steroid dienone is 4. The van der Waals surface area contributed by atoms with Gasteiger partial charge in [-0.3, -0.25) is 14.5 Å². The van der Waals surface area contributed by atoms with E-state index in [0.717, 1.165) is 32.2 Å². The second-order valence-corrected chi connectivity index (χ2v) is 16.9. The van der Waals surface area contributed by atoms with Crippen LogP contribution in [0.25, 0.3) is 0 Å². The summed E-state index contributed by atoms with van der Waals surface area (Å²) in [6.45, 7) is 19.9. The van der Waals surface area contributed by atoms with Crippen LogP contribution < -0.4 is 4.90 Å². The standard InChI is InChI=1S/C44H63N2O4S/c1-9-11-13-14-15-20-30-49-40(47)32-51-33-42(3,4)41(48)50-31-29-46-37-25-19-17-23-35(37)44(7,8)39(46)27-21-26-38-43(5,6)34-22-16-18-24-36(34)45(38)28-12-10-2/h16-19,21-27H,9-15,20,28-33H2,1-8H3/q+1/p+1. The minimum Gasteiger partial charge on any atom is -0.465 e. The van der Waals surface area contributed by atoms with Crippen LogP contribution in [0.3, 0.4) is 0 Å². The summed E-state index contributed by atoms with van der Waals surface area (Å²) in [5, 5.41) is 0. The number of thioether (sulfide) groups is 1. The summed E-state index contributed by atoms with van der Waals surface area (Å²) < 4.78 is 13.8. The second kappa shape index (κ2) is 18.6. The van der Waals surface area contributed by atoms with Crippen molar-refractivity contribution < 1.29 is 28.5 Å². The topological polar surface area (TPSA) is 60.1 Å². The molecule has 1 unspecified atom stereocenters. The van der Waals surface area contributed by atoms with Gasteiger partial charge in [0.05, 0.1) is 28.6 Å². The fourth-order valence-electron chi connectivity index (χ4n) is 7.47. The first-order valence-electron chi connectivity index (χ1n) is 19.4. The Morgan fingerprint density at radius 3 is 2.24 bits per heavy atom. The highest BCUT2D eigenvalue weighted by molar-refractivity contribution is 8.00. The summed E-state index contributed by atoms with van der Waals surface area (Å²) in [5.41, 5.74) is 6.83. The predicted octanol–water partition coefficient (Wildman–Crippen LogP) is 9.02. The maximum Gasteiger partial charge on any atom is 0.315 e. The van der Waals surface area contributed by atoms with Gasteiger partial charge >= 0.3 is 11.9 Å². The van der Waals surface area contributed by atoms with Gasteiger partial charge in [-0.2, -0.15) is 4.58 Å². The fourth-order valence-corrected chi connectivity index (χ4v) is 8.45. The summed E-state index contributed by atoms with van der Waals surface area (Å²) in [6, 6.07) is 17.4. The number of nitrogens with zero attached hydrogens (tertiary/aromatic N) is 1. The Hall–Kier alpha value is -3.16. The van der Waals surface area contributed by atoms with Crippen LogP contribution in [-0.4, -0.2) is 60.0 Å². The molecule has 1 N–H and O–H groups in total. The number of carbonyl (C=O) groups is 2. The molecule has 0 saturated heterocycles. The van der Waals surface area contributed by atoms with Crippen LogP contribution in [0.5, 0.6) is 0 Å². The van der Waals surface area contributed by atoms with Gasteiger partial charge in [-0.05, 0) is 60.1 Å². The number of quaternary nitrogens is 1. The first kappa shape index (κ1) is 40.6. The number of rotatable bonds is 20. The number of carbonyl (C=O) groups excluding carboxylic acids is 2. The summed E-state index contributed by atoms with van der Waals surface area (Å²) in [5.74, 6) is 0.294. The predicted molar refractivity (Wildman–Crippen MR) is 213 cm³/mol. The summed E-state index contributed by atoms with van der Waals surface area (Å²) in [7, 11) is 0. The zero-order valence-corrected chi connectivity index (χ0v) is 33.6. The second-order valence-electron chi connectivity index (χ2n) is 15.9. The number of ether oxygens (including phenoxy) is 2. The quantitative estimate of drug-likeness (QED) is 0.0843. The molecule has 278 valence electrons. The van der Waals surface area contributed by atoms with Gasteiger partial charge in [0, 0.05) is 35.4 Å². The molecule has 7 heteroatoms. The first-order chi connectivity index (χ1) is 24.4. The van der Waals surface area contributed by atoms with Crippen molar-refractivity contribution in [2.45, 2.75) is 118 Å². The molecule has 2 aromatic carbocycles. The molecule has 2 aliphatic heterocycles. The summed E-state index contributed by atoms with van der Waals surface area (Å²) in [6.07, 6.45) is 16.1. The Bertz CT molecular complexity index is 1580. The third-order valence-electron chi connectivity index (χ3n) is 10.6. The van der Waals surface area contributed by atoms with Gasteiger partial charge in [0.2, 0.25) is 5.69 Å². The molecule has 0 amide bonds. The van der Waals surface area contributed by atoms with E-state index in [1.165, 1.54) is 76.3 Å². The maximum atomic E-state index is 13.3. The van der Waals surface area contributed by atoms with Crippen molar-refractivity contribution in [2.24, 2.45) is 5.41 Å². The van der Waals surface area contributed by atoms with Gasteiger partial charge in [0.15, 0.2) is 5.71 Å². The lowest BCUT2D eigenvalue weighted by Gasteiger charge is -2.24. The van der Waals surface area contributed by atoms with Crippen LogP contribution in [0.15, 0.2) is 72.5 Å². The van der Waals surface area contributed by atoms with Crippen LogP contribution in [-0.2, 0) is 29.9 Å². The molecular weight excluding hydrogens is 653 g/mol. The van der Waals surface area contributed by atoms with Gasteiger partial charge in [0.1, 0.15) is 31.1 Å². The van der Waals surface area contributed by atoms with Crippen molar-refractivity contribution in [3.05, 3.63) is 83.6 Å². The first-order valence-corrected chi connectivity index (χ1v) is 20.5. The molecule has 0 spiro atoms. The van der Waals surface area contributed by atoms with E-state index in [4.69, 9.17) is 9.47 Å². The third-order valence-corrected chi connectivity index (χ3v) is 11.9. The molecule has 0 radical (unpaired) electrons. The Balaban J connectivity index is 1.38. The minimum absolute atomic E-state index is 0.0901. The molecule has 2 heterocycles. The largest absolute Gasteiger partial charge is 0.465 e. The SMILES string of the molecule is CCCCCCCCOC(=O)CSCC(C)(C)C(=O)OCC[NH+]1C(=CC=CC2=[N+](CCCC)c3ccccc3C2(C)C)C(C)(C)c2ccccc21. The van der Waals surface area contributed by atoms with Crippen LogP contribution in [0, 0.1) is 5.41 Å². The normalized spacial score (nSPS) is 18.4. The molecule has 0 bridgehead atoms. The average molecular weight is 717 g/mol. The van der Waals surface area contributed by atoms with Gasteiger partial charge in [-0.25, -0.2) is 0 Å². The molecule has 0 aromatic heterocycles. The molecule has 0 saturated carbocycles. The third kappa shape index (κ3) is 10.0. The number of hydrogen-bond donors (Lipinski definition) is 1. The Kier molecular flexibility index (Phi) is 14.8. The summed E-state index contributed by atoms with van der Waals surface area (Å²) in [4.78, 5) is 26.8. The number of hydrogen-bond acceptors (Lipinski definition) is 5. The molecule has 51 heavy (non-hydrogen) atoms. The highest BCUT2D eigenvalue weighted by Gasteiger charge is 2.46. The zero-order valence-electron chi connectivity index (χ0n) is 32.7. The van der Waals surface area contributed by atoms with E-state index in [2.05, 4.69) is 113 Å². The van der Waals surface area contributed by atoms with Crippen molar-refractivity contribution >= 4 is 40.8 Å². The van der Waals surface area contributed by atoms with Crippen molar-refractivity contribution in [2.75, 3.05) is 37.8 Å². The smallest absolute Gasteiger partial charge is 0.315 e. The van der Waals surface area contributed by atoms with E-state index in [0.29, 0.717) is 25.5 Å². The van der Waals surface area contributed by atoms with Crippen molar-refractivity contribution in [3.63, 3.8) is 0 Å². The van der Waals surface area contributed by atoms with Crippen molar-refractivity contribution in [1.29, 1.82) is 0 Å². The van der Waals surface area contributed by atoms with E-state index >= 15 is 0 Å². The highest BCUT2D eigenvalue weighted by atomic mass is 32.2. The molecular formula is C44H64N2O4S+2. The van der Waals surface area contributed by atoms with E-state index in [1.807, 2.05) is 13.8 Å². The minimum atomic E-state index is -0.713. The Morgan fingerprint density at radius 2 is 1.49 bits per heavy atom. The molecule has 0 fully saturated rings. The number of esters is 2. The highest BCUT2D eigenvalue weighted by Crippen LogP contribution is 2.41. The van der Waals surface area contributed by atoms with Gasteiger partial charge in [-0.1, -0.05) is 94.8 Å². The number of benzene rings is 2. The molecule has 4 rings (SSSR count). The van der Waals surface area contributed by atoms with Crippen molar-refractivity contribution in [1.82, 2.24) is 0 Å². The number of fused-ring (bicyclic) bond motifs is 2. The average Bonchev–Trinajstić information content (AvgIpc) is 3.45. The lowest BCUT2D eigenvalue weighted by molar-refractivity contribution is -0.789. The van der Waals surface area contributed by atoms with Crippen LogP contribution in [0.2, 0.25) is 0 Å². The number of para-hydroxylation sites is 2. The maximum absolute atomic E-state index is 13.3. The molecule has 2 aromatic rings. The molecule has 0 aliphatic carbocycles. The van der Waals surface area contributed by atoms with Gasteiger partial charge in [-0.15, -0.1) is 11.8 Å². The van der Waals surface area contributed by atoms with E-state index in [9.17, 15) is 9.59 Å². The Labute approximate surface area is 312 Å². The van der Waals surface area contributed by atoms with E-state index < -0.39 is 5.41 Å². The van der Waals surface area contributed by atoms with Crippen LogP contribution in [0.1, 0.15) is 118 Å². The zero-order chi connectivity index (χ0) is 37.1.